The number of hydrogen-bond donors (Lipinski definition) is 1. The van der Waals surface area contributed by atoms with Crippen LogP contribution in [0.25, 0.3) is 0 Å². The summed E-state index contributed by atoms with van der Waals surface area (Å²) in [6.07, 6.45) is 0. The van der Waals surface area contributed by atoms with Crippen molar-refractivity contribution in [2.75, 3.05) is 0 Å². The lowest BCUT2D eigenvalue weighted by atomic mass is 10.2. The number of amidine groups is 1. The Morgan fingerprint density at radius 2 is 1.83 bits per heavy atom. The van der Waals surface area contributed by atoms with Crippen LogP contribution in [0.1, 0.15) is 33.3 Å². The zero-order valence-electron chi connectivity index (χ0n) is 11.4. The summed E-state index contributed by atoms with van der Waals surface area (Å²) in [5, 5.41) is 3.21. The van der Waals surface area contributed by atoms with Crippen LogP contribution in [0, 0.1) is 0 Å². The maximum Gasteiger partial charge on any atom is 0.285 e. The van der Waals surface area contributed by atoms with Gasteiger partial charge in [0.15, 0.2) is 0 Å². The maximum absolute atomic E-state index is 5.71. The molecule has 18 heavy (non-hydrogen) atoms. The van der Waals surface area contributed by atoms with Crippen molar-refractivity contribution < 1.29 is 4.74 Å². The Morgan fingerprint density at radius 1 is 1.22 bits per heavy atom. The molecule has 0 unspecified atom stereocenters. The van der Waals surface area contributed by atoms with Gasteiger partial charge in [-0.15, -0.1) is 0 Å². The van der Waals surface area contributed by atoms with Gasteiger partial charge in [-0.1, -0.05) is 28.1 Å². The van der Waals surface area contributed by atoms with Crippen molar-refractivity contribution in [2.45, 2.75) is 46.4 Å². The van der Waals surface area contributed by atoms with E-state index in [2.05, 4.69) is 40.1 Å². The second-order valence-corrected chi connectivity index (χ2v) is 5.66. The molecule has 0 aliphatic rings. The third kappa shape index (κ3) is 6.05. The van der Waals surface area contributed by atoms with Crippen LogP contribution in [-0.4, -0.2) is 18.1 Å². The zero-order valence-corrected chi connectivity index (χ0v) is 13.0. The number of ether oxygens (including phenoxy) is 1. The Bertz CT molecular complexity index is 385. The van der Waals surface area contributed by atoms with E-state index in [0.29, 0.717) is 18.7 Å². The Labute approximate surface area is 118 Å². The summed E-state index contributed by atoms with van der Waals surface area (Å²) >= 11 is 3.41. The number of rotatable bonds is 4. The molecule has 0 heterocycles. The van der Waals surface area contributed by atoms with E-state index in [4.69, 9.17) is 4.74 Å². The molecule has 0 saturated heterocycles. The highest BCUT2D eigenvalue weighted by Gasteiger charge is 2.04. The van der Waals surface area contributed by atoms with Crippen molar-refractivity contribution in [1.82, 2.24) is 5.32 Å². The number of halogens is 1. The van der Waals surface area contributed by atoms with Crippen molar-refractivity contribution in [2.24, 2.45) is 4.99 Å². The van der Waals surface area contributed by atoms with Crippen molar-refractivity contribution in [3.63, 3.8) is 0 Å². The minimum Gasteiger partial charge on any atom is -0.460 e. The quantitative estimate of drug-likeness (QED) is 0.679. The average Bonchev–Trinajstić information content (AvgIpc) is 2.26. The van der Waals surface area contributed by atoms with Gasteiger partial charge in [0.1, 0.15) is 6.61 Å². The molecule has 0 bridgehead atoms. The van der Waals surface area contributed by atoms with Crippen molar-refractivity contribution >= 4 is 22.0 Å². The van der Waals surface area contributed by atoms with Crippen LogP contribution in [0.4, 0.5) is 0 Å². The molecule has 4 heteroatoms. The summed E-state index contributed by atoms with van der Waals surface area (Å²) in [5.74, 6) is 0. The molecule has 0 spiro atoms. The van der Waals surface area contributed by atoms with Gasteiger partial charge in [0.2, 0.25) is 0 Å². The van der Waals surface area contributed by atoms with Crippen LogP contribution in [-0.2, 0) is 11.3 Å². The van der Waals surface area contributed by atoms with E-state index in [9.17, 15) is 0 Å². The van der Waals surface area contributed by atoms with Crippen molar-refractivity contribution in [1.29, 1.82) is 0 Å². The van der Waals surface area contributed by atoms with Gasteiger partial charge >= 0.3 is 0 Å². The second-order valence-electron chi connectivity index (χ2n) is 4.74. The van der Waals surface area contributed by atoms with E-state index >= 15 is 0 Å². The largest absolute Gasteiger partial charge is 0.460 e. The molecule has 0 saturated carbocycles. The van der Waals surface area contributed by atoms with E-state index in [1.54, 1.807) is 0 Å². The molecule has 0 aliphatic carbocycles. The molecule has 0 amide bonds. The van der Waals surface area contributed by atoms with E-state index in [1.165, 1.54) is 0 Å². The van der Waals surface area contributed by atoms with Crippen LogP contribution < -0.4 is 5.32 Å². The fourth-order valence-corrected chi connectivity index (χ4v) is 1.59. The smallest absolute Gasteiger partial charge is 0.285 e. The van der Waals surface area contributed by atoms with Gasteiger partial charge < -0.3 is 10.1 Å². The number of aliphatic imine (C=N–C) groups is 1. The number of benzene rings is 1. The topological polar surface area (TPSA) is 33.6 Å². The molecule has 1 aromatic carbocycles. The van der Waals surface area contributed by atoms with Crippen LogP contribution in [0.15, 0.2) is 33.7 Å². The first-order chi connectivity index (χ1) is 8.47. The van der Waals surface area contributed by atoms with Gasteiger partial charge in [0.05, 0.1) is 0 Å². The normalized spacial score (nSPS) is 12.1. The Kier molecular flexibility index (Phi) is 6.19. The van der Waals surface area contributed by atoms with E-state index in [1.807, 2.05) is 38.1 Å². The summed E-state index contributed by atoms with van der Waals surface area (Å²) in [6.45, 7) is 8.73. The number of nitrogens with one attached hydrogen (secondary N) is 1. The van der Waals surface area contributed by atoms with E-state index in [-0.39, 0.29) is 6.04 Å². The zero-order chi connectivity index (χ0) is 13.5. The Morgan fingerprint density at radius 3 is 2.33 bits per heavy atom. The maximum atomic E-state index is 5.71. The van der Waals surface area contributed by atoms with Gasteiger partial charge in [0.25, 0.3) is 6.02 Å². The van der Waals surface area contributed by atoms with Crippen LogP contribution in [0.2, 0.25) is 0 Å². The van der Waals surface area contributed by atoms with E-state index < -0.39 is 0 Å². The molecule has 100 valence electrons. The number of hydrogen-bond acceptors (Lipinski definition) is 2. The highest BCUT2D eigenvalue weighted by Crippen LogP contribution is 2.11. The molecule has 1 N–H and O–H groups in total. The average molecular weight is 313 g/mol. The molecular weight excluding hydrogens is 292 g/mol. The van der Waals surface area contributed by atoms with Gasteiger partial charge in [-0.25, -0.2) is 4.99 Å². The van der Waals surface area contributed by atoms with Gasteiger partial charge in [-0.05, 0) is 45.4 Å². The second kappa shape index (κ2) is 7.41. The molecule has 0 fully saturated rings. The summed E-state index contributed by atoms with van der Waals surface area (Å²) < 4.78 is 6.79. The molecule has 1 rings (SSSR count). The Balaban J connectivity index is 2.59. The predicted molar refractivity (Wildman–Crippen MR) is 79.8 cm³/mol. The molecular formula is C14H21BrN2O. The van der Waals surface area contributed by atoms with Crippen LogP contribution in [0.5, 0.6) is 0 Å². The van der Waals surface area contributed by atoms with Crippen molar-refractivity contribution in [3.8, 4) is 0 Å². The third-order valence-electron chi connectivity index (χ3n) is 2.08. The molecule has 0 aliphatic heterocycles. The standard InChI is InChI=1S/C14H21BrN2O/c1-10(2)16-14(17-11(3)4)18-9-12-5-7-13(15)8-6-12/h5-8,10-11H,9H2,1-4H3,(H,16,17). The molecule has 0 radical (unpaired) electrons. The molecule has 3 nitrogen and oxygen atoms in total. The van der Waals surface area contributed by atoms with E-state index in [0.717, 1.165) is 10.0 Å². The lowest BCUT2D eigenvalue weighted by molar-refractivity contribution is 0.271. The predicted octanol–water partition coefficient (Wildman–Crippen LogP) is 3.73. The SMILES string of the molecule is CC(C)N=C(NC(C)C)OCc1ccc(Br)cc1. The lowest BCUT2D eigenvalue weighted by Gasteiger charge is -2.15. The van der Waals surface area contributed by atoms with Gasteiger partial charge in [-0.2, -0.15) is 0 Å². The van der Waals surface area contributed by atoms with Crippen LogP contribution in [0.3, 0.4) is 0 Å². The Hall–Kier alpha value is -1.03. The summed E-state index contributed by atoms with van der Waals surface area (Å²) in [7, 11) is 0. The first-order valence-corrected chi connectivity index (χ1v) is 6.98. The fraction of sp³-hybridized carbons (Fsp3) is 0.500. The minimum absolute atomic E-state index is 0.219. The lowest BCUT2D eigenvalue weighted by Crippen LogP contribution is -2.33. The highest BCUT2D eigenvalue weighted by molar-refractivity contribution is 9.10. The minimum atomic E-state index is 0.219. The molecule has 0 aromatic heterocycles. The summed E-state index contributed by atoms with van der Waals surface area (Å²) in [6, 6.07) is 9.23. The third-order valence-corrected chi connectivity index (χ3v) is 2.61. The number of nitrogens with zero attached hydrogens (tertiary/aromatic N) is 1. The highest BCUT2D eigenvalue weighted by atomic mass is 79.9. The first-order valence-electron chi connectivity index (χ1n) is 6.19. The molecule has 0 atom stereocenters. The monoisotopic (exact) mass is 312 g/mol. The van der Waals surface area contributed by atoms with Gasteiger partial charge in [-0.3, -0.25) is 0 Å². The van der Waals surface area contributed by atoms with Gasteiger partial charge in [0, 0.05) is 16.6 Å². The first kappa shape index (κ1) is 15.0. The van der Waals surface area contributed by atoms with Crippen LogP contribution >= 0.6 is 15.9 Å². The molecule has 1 aromatic rings. The summed E-state index contributed by atoms with van der Waals surface area (Å²) in [4.78, 5) is 4.42. The van der Waals surface area contributed by atoms with Crippen molar-refractivity contribution in [3.05, 3.63) is 34.3 Å². The summed E-state index contributed by atoms with van der Waals surface area (Å²) in [5.41, 5.74) is 1.13. The fourth-order valence-electron chi connectivity index (χ4n) is 1.33.